The Hall–Kier alpha value is -1.94. The van der Waals surface area contributed by atoms with Gasteiger partial charge in [-0.25, -0.2) is 9.13 Å². The largest absolute Gasteiger partial charge is 0.472 e. The van der Waals surface area contributed by atoms with Gasteiger partial charge in [-0.15, -0.1) is 0 Å². The molecule has 0 fully saturated rings. The zero-order chi connectivity index (χ0) is 74.2. The van der Waals surface area contributed by atoms with Crippen LogP contribution < -0.4 is 0 Å². The normalized spacial score (nSPS) is 13.9. The summed E-state index contributed by atoms with van der Waals surface area (Å²) in [7, 11) is -9.92. The Bertz CT molecular complexity index is 1940. The van der Waals surface area contributed by atoms with Gasteiger partial charge in [0.15, 0.2) is 12.2 Å². The summed E-state index contributed by atoms with van der Waals surface area (Å²) in [6.07, 6.45) is 63.8. The quantitative estimate of drug-likeness (QED) is 0.0222. The van der Waals surface area contributed by atoms with Crippen LogP contribution in [-0.2, 0) is 65.4 Å². The van der Waals surface area contributed by atoms with Crippen LogP contribution in [0.25, 0.3) is 0 Å². The van der Waals surface area contributed by atoms with Crippen LogP contribution in [0.2, 0.25) is 0 Å². The van der Waals surface area contributed by atoms with Gasteiger partial charge in [0.25, 0.3) is 0 Å². The molecule has 0 aliphatic carbocycles. The van der Waals surface area contributed by atoms with E-state index in [1.54, 1.807) is 0 Å². The second-order valence-corrected chi connectivity index (χ2v) is 33.4. The van der Waals surface area contributed by atoms with Crippen molar-refractivity contribution in [1.29, 1.82) is 0 Å². The molecule has 600 valence electrons. The molecule has 0 rings (SSSR count). The molecule has 0 amide bonds. The van der Waals surface area contributed by atoms with E-state index >= 15 is 0 Å². The van der Waals surface area contributed by atoms with E-state index in [-0.39, 0.29) is 25.7 Å². The van der Waals surface area contributed by atoms with Crippen LogP contribution in [0.5, 0.6) is 0 Å². The number of rotatable bonds is 81. The predicted molar refractivity (Wildman–Crippen MR) is 414 cm³/mol. The third kappa shape index (κ3) is 76.1. The molecule has 0 aliphatic heterocycles. The first kappa shape index (κ1) is 99.1. The van der Waals surface area contributed by atoms with Crippen LogP contribution in [0.1, 0.15) is 433 Å². The van der Waals surface area contributed by atoms with Gasteiger partial charge in [0, 0.05) is 25.7 Å². The minimum absolute atomic E-state index is 0.107. The lowest BCUT2D eigenvalue weighted by Gasteiger charge is -2.21. The van der Waals surface area contributed by atoms with Gasteiger partial charge in [0.1, 0.15) is 19.3 Å². The maximum atomic E-state index is 13.1. The average Bonchev–Trinajstić information content (AvgIpc) is 0.925. The fourth-order valence-electron chi connectivity index (χ4n) is 12.7. The molecule has 0 bridgehead atoms. The number of aliphatic hydroxyl groups excluding tert-OH is 1. The van der Waals surface area contributed by atoms with E-state index in [0.29, 0.717) is 25.7 Å². The molecule has 3 N–H and O–H groups in total. The first-order valence-corrected chi connectivity index (χ1v) is 45.5. The topological polar surface area (TPSA) is 237 Å². The van der Waals surface area contributed by atoms with E-state index in [4.69, 9.17) is 37.0 Å². The van der Waals surface area contributed by atoms with Crippen molar-refractivity contribution < 1.29 is 80.2 Å². The number of phosphoric ester groups is 2. The maximum Gasteiger partial charge on any atom is 0.472 e. The van der Waals surface area contributed by atoms with E-state index < -0.39 is 97.5 Å². The number of ether oxygens (including phenoxy) is 4. The first-order valence-electron chi connectivity index (χ1n) is 42.5. The molecule has 0 radical (unpaired) electrons. The molecular weight excluding hydrogens is 1320 g/mol. The van der Waals surface area contributed by atoms with Crippen LogP contribution in [0.4, 0.5) is 0 Å². The number of unbranched alkanes of at least 4 members (excludes halogenated alkanes) is 51. The predicted octanol–water partition coefficient (Wildman–Crippen LogP) is 24.7. The highest BCUT2D eigenvalue weighted by molar-refractivity contribution is 7.47. The van der Waals surface area contributed by atoms with E-state index in [9.17, 15) is 43.2 Å². The molecule has 2 unspecified atom stereocenters. The molecule has 17 nitrogen and oxygen atoms in total. The summed E-state index contributed by atoms with van der Waals surface area (Å²) in [6, 6.07) is 0. The second-order valence-electron chi connectivity index (χ2n) is 30.5. The fraction of sp³-hybridized carbons (Fsp3) is 0.951. The third-order valence-corrected chi connectivity index (χ3v) is 21.1. The maximum absolute atomic E-state index is 13.1. The zero-order valence-corrected chi connectivity index (χ0v) is 68.0. The first-order chi connectivity index (χ1) is 48.9. The molecule has 0 saturated carbocycles. The minimum Gasteiger partial charge on any atom is -0.462 e. The SMILES string of the molecule is CCCCCCCCCCCCCCCCCCCCC(=O)OC[C@H](COP(=O)(O)OC[C@@H](O)COP(=O)(O)OC[C@@H](COC(=O)CCCCCCCCCCC)OC(=O)CCCCCCCCCCCCCCC(C)C)OC(=O)CCCCCCCCCCCCCCCCCCC(C)C. The number of phosphoric acid groups is 2. The summed E-state index contributed by atoms with van der Waals surface area (Å²) in [6.45, 7) is 9.67. The Labute approximate surface area is 619 Å². The van der Waals surface area contributed by atoms with Crippen LogP contribution in [-0.4, -0.2) is 96.7 Å². The van der Waals surface area contributed by atoms with E-state index in [1.165, 1.54) is 250 Å². The molecule has 0 aromatic rings. The molecular formula is C82H160O17P2. The Morgan fingerprint density at radius 2 is 0.455 bits per heavy atom. The van der Waals surface area contributed by atoms with Crippen molar-refractivity contribution in [2.45, 2.75) is 452 Å². The highest BCUT2D eigenvalue weighted by Crippen LogP contribution is 2.45. The lowest BCUT2D eigenvalue weighted by Crippen LogP contribution is -2.30. The Morgan fingerprint density at radius 3 is 0.673 bits per heavy atom. The van der Waals surface area contributed by atoms with Gasteiger partial charge < -0.3 is 33.8 Å². The highest BCUT2D eigenvalue weighted by atomic mass is 31.2. The molecule has 5 atom stereocenters. The Balaban J connectivity index is 5.22. The highest BCUT2D eigenvalue weighted by Gasteiger charge is 2.30. The number of carbonyl (C=O) groups is 4. The van der Waals surface area contributed by atoms with Gasteiger partial charge in [-0.2, -0.15) is 0 Å². The van der Waals surface area contributed by atoms with Crippen LogP contribution in [0, 0.1) is 11.8 Å². The number of aliphatic hydroxyl groups is 1. The molecule has 0 aromatic heterocycles. The second kappa shape index (κ2) is 73.6. The van der Waals surface area contributed by atoms with Crippen molar-refractivity contribution in [3.05, 3.63) is 0 Å². The van der Waals surface area contributed by atoms with Crippen molar-refractivity contribution in [3.63, 3.8) is 0 Å². The number of carbonyl (C=O) groups excluding carboxylic acids is 4. The summed E-state index contributed by atoms with van der Waals surface area (Å²) in [4.78, 5) is 73.0. The smallest absolute Gasteiger partial charge is 0.462 e. The molecule has 0 aliphatic rings. The fourth-order valence-corrected chi connectivity index (χ4v) is 14.3. The summed E-state index contributed by atoms with van der Waals surface area (Å²) in [5.74, 6) is -0.522. The number of esters is 4. The monoisotopic (exact) mass is 1480 g/mol. The lowest BCUT2D eigenvalue weighted by atomic mass is 10.0. The van der Waals surface area contributed by atoms with Gasteiger partial charge in [-0.05, 0) is 37.5 Å². The van der Waals surface area contributed by atoms with Crippen molar-refractivity contribution in [1.82, 2.24) is 0 Å². The Morgan fingerprint density at radius 1 is 0.267 bits per heavy atom. The Kier molecular flexibility index (Phi) is 72.2. The molecule has 0 spiro atoms. The van der Waals surface area contributed by atoms with Crippen molar-refractivity contribution in [2.75, 3.05) is 39.6 Å². The molecule has 0 heterocycles. The van der Waals surface area contributed by atoms with Gasteiger partial charge in [-0.3, -0.25) is 37.3 Å². The average molecular weight is 1480 g/mol. The summed E-state index contributed by atoms with van der Waals surface area (Å²) < 4.78 is 68.7. The van der Waals surface area contributed by atoms with Gasteiger partial charge >= 0.3 is 39.5 Å². The summed E-state index contributed by atoms with van der Waals surface area (Å²) in [5.41, 5.74) is 0. The molecule has 0 aromatic carbocycles. The third-order valence-electron chi connectivity index (χ3n) is 19.2. The van der Waals surface area contributed by atoms with E-state index in [1.807, 2.05) is 0 Å². The summed E-state index contributed by atoms with van der Waals surface area (Å²) in [5, 5.41) is 10.6. The molecule has 101 heavy (non-hydrogen) atoms. The standard InChI is InChI=1S/C82H160O17P2/c1-7-9-11-13-15-17-18-19-20-21-22-26-29-35-41-47-53-59-65-80(85)93-71-78(99-81(86)66-60-54-48-42-36-30-27-24-23-25-28-33-39-44-50-56-62-74(3)4)73-97-101(90,91)95-69-76(83)68-94-100(88,89)96-72-77(70-92-79(84)64-58-52-46-38-16-14-12-10-8-2)98-82(87)67-61-55-49-43-37-32-31-34-40-45-51-57-63-75(5)6/h74-78,83H,7-73H2,1-6H3,(H,88,89)(H,90,91)/t76-,77+,78+/m0/s1. The van der Waals surface area contributed by atoms with E-state index in [0.717, 1.165) is 102 Å². The zero-order valence-electron chi connectivity index (χ0n) is 66.2. The minimum atomic E-state index is -4.96. The number of hydrogen-bond donors (Lipinski definition) is 3. The van der Waals surface area contributed by atoms with Crippen LogP contribution in [0.3, 0.4) is 0 Å². The van der Waals surface area contributed by atoms with Crippen LogP contribution in [0.15, 0.2) is 0 Å². The van der Waals surface area contributed by atoms with Gasteiger partial charge in [0.2, 0.25) is 0 Å². The van der Waals surface area contributed by atoms with Crippen molar-refractivity contribution in [2.24, 2.45) is 11.8 Å². The van der Waals surface area contributed by atoms with Crippen molar-refractivity contribution in [3.8, 4) is 0 Å². The number of hydrogen-bond acceptors (Lipinski definition) is 15. The molecule has 0 saturated heterocycles. The van der Waals surface area contributed by atoms with E-state index in [2.05, 4.69) is 41.5 Å². The van der Waals surface area contributed by atoms with Crippen LogP contribution >= 0.6 is 15.6 Å². The van der Waals surface area contributed by atoms with Crippen molar-refractivity contribution >= 4 is 39.5 Å². The lowest BCUT2D eigenvalue weighted by molar-refractivity contribution is -0.161. The van der Waals surface area contributed by atoms with Gasteiger partial charge in [0.05, 0.1) is 26.4 Å². The van der Waals surface area contributed by atoms with Gasteiger partial charge in [-0.1, -0.05) is 382 Å². The summed E-state index contributed by atoms with van der Waals surface area (Å²) >= 11 is 0. The molecule has 19 heteroatoms.